The van der Waals surface area contributed by atoms with E-state index in [1.165, 1.54) is 38.5 Å². The van der Waals surface area contributed by atoms with Crippen molar-refractivity contribution in [3.63, 3.8) is 0 Å². The minimum Gasteiger partial charge on any atom is -0.361 e. The number of amides is 4. The zero-order valence-electron chi connectivity index (χ0n) is 34.2. The van der Waals surface area contributed by atoms with Crippen LogP contribution in [-0.4, -0.2) is 74.4 Å². The lowest BCUT2D eigenvalue weighted by molar-refractivity contribution is 0.0788. The third-order valence-electron chi connectivity index (χ3n) is 16.0. The molecule has 4 fully saturated rings. The number of aromatic nitrogens is 1. The molecule has 2 saturated heterocycles. The van der Waals surface area contributed by atoms with E-state index in [4.69, 9.17) is 11.5 Å². The lowest BCUT2D eigenvalue weighted by atomic mass is 9.82. The van der Waals surface area contributed by atoms with Gasteiger partial charge < -0.3 is 26.3 Å². The standard InChI is InChI=1S/C49H63N7O2/c50-48(57)55(35-17-13-32(14-18-35)25-27-53-44-21-22-45(53)40-9-2-1-8-39(40)44)31-37(29-34-30-52-43-12-6-5-7-38(34)43)56(49(51)58)36-19-15-33(16-20-36)26-28-54-46-23-24-47(54)42-11-4-3-10-41(42)46/h1-12,30,32-33,35-37,44-47,52H,13-29,31H2,(H2,50,57)(H2,51,58)/t32?,33?,35?,36?,37?,44-,45+,46-,47+. The van der Waals surface area contributed by atoms with Crippen molar-refractivity contribution in [3.05, 3.63) is 107 Å². The van der Waals surface area contributed by atoms with Gasteiger partial charge in [0, 0.05) is 59.9 Å². The maximum absolute atomic E-state index is 13.7. The monoisotopic (exact) mass is 782 g/mol. The molecular weight excluding hydrogens is 719 g/mol. The highest BCUT2D eigenvalue weighted by Crippen LogP contribution is 2.54. The number of H-pyrrole nitrogens is 1. The summed E-state index contributed by atoms with van der Waals surface area (Å²) in [5.74, 6) is 1.30. The molecule has 0 radical (unpaired) electrons. The van der Waals surface area contributed by atoms with E-state index in [9.17, 15) is 9.59 Å². The second kappa shape index (κ2) is 16.0. The maximum atomic E-state index is 13.7. The van der Waals surface area contributed by atoms with Crippen molar-refractivity contribution in [1.29, 1.82) is 0 Å². The molecule has 4 bridgehead atoms. The third kappa shape index (κ3) is 7.00. The van der Waals surface area contributed by atoms with Gasteiger partial charge in [-0.15, -0.1) is 0 Å². The minimum absolute atomic E-state index is 0.0497. The quantitative estimate of drug-likeness (QED) is 0.125. The molecule has 5 atom stereocenters. The smallest absolute Gasteiger partial charge is 0.315 e. The number of aromatic amines is 1. The van der Waals surface area contributed by atoms with Crippen LogP contribution in [0.2, 0.25) is 0 Å². The van der Waals surface area contributed by atoms with E-state index in [1.807, 2.05) is 15.9 Å². The van der Waals surface area contributed by atoms with Gasteiger partial charge in [0.25, 0.3) is 0 Å². The number of hydrogen-bond acceptors (Lipinski definition) is 4. The molecule has 1 aromatic heterocycles. The SMILES string of the molecule is NC(=O)N(CC(Cc1c[nH]c2ccccc12)N(C(N)=O)C1CCC(CCN2[C@@H]3CC[C@H]2c2ccccc23)CC1)C1CCC(CCN2[C@@H]3CC[C@H]2c2ccccc23)CC1. The van der Waals surface area contributed by atoms with E-state index >= 15 is 0 Å². The van der Waals surface area contributed by atoms with Crippen molar-refractivity contribution >= 4 is 23.0 Å². The number of carbonyl (C=O) groups is 2. The van der Waals surface area contributed by atoms with Crippen molar-refractivity contribution in [2.75, 3.05) is 19.6 Å². The van der Waals surface area contributed by atoms with Crippen LogP contribution in [0, 0.1) is 11.8 Å². The second-order valence-corrected chi connectivity index (χ2v) is 18.8. The fourth-order valence-corrected chi connectivity index (χ4v) is 13.2. The highest BCUT2D eigenvalue weighted by Gasteiger charge is 2.45. The Morgan fingerprint density at radius 3 is 1.55 bits per heavy atom. The first-order valence-corrected chi connectivity index (χ1v) is 22.8. The summed E-state index contributed by atoms with van der Waals surface area (Å²) in [6.07, 6.45) is 18.4. The van der Waals surface area contributed by atoms with Crippen LogP contribution < -0.4 is 11.5 Å². The molecule has 2 saturated carbocycles. The van der Waals surface area contributed by atoms with E-state index in [1.54, 1.807) is 22.3 Å². The van der Waals surface area contributed by atoms with Gasteiger partial charge in [0.1, 0.15) is 0 Å². The van der Waals surface area contributed by atoms with E-state index < -0.39 is 0 Å². The normalized spacial score (nSPS) is 29.4. The first-order chi connectivity index (χ1) is 28.4. The summed E-state index contributed by atoms with van der Waals surface area (Å²) < 4.78 is 0. The van der Waals surface area contributed by atoms with Gasteiger partial charge in [-0.1, -0.05) is 66.7 Å². The highest BCUT2D eigenvalue weighted by atomic mass is 16.2. The Morgan fingerprint density at radius 2 is 1.07 bits per heavy atom. The number of nitrogens with zero attached hydrogens (tertiary/aromatic N) is 4. The van der Waals surface area contributed by atoms with Gasteiger partial charge in [-0.05, 0) is 155 Å². The molecule has 9 heteroatoms. The first kappa shape index (κ1) is 37.9. The van der Waals surface area contributed by atoms with Gasteiger partial charge in [-0.3, -0.25) is 9.80 Å². The maximum Gasteiger partial charge on any atom is 0.315 e. The Labute approximate surface area is 344 Å². The van der Waals surface area contributed by atoms with Crippen molar-refractivity contribution in [1.82, 2.24) is 24.6 Å². The molecule has 0 spiro atoms. The molecule has 4 aliphatic heterocycles. The summed E-state index contributed by atoms with van der Waals surface area (Å²) in [6.45, 7) is 2.70. The Bertz CT molecular complexity index is 2040. The van der Waals surface area contributed by atoms with Crippen LogP contribution in [0.1, 0.15) is 142 Å². The number of benzene rings is 3. The summed E-state index contributed by atoms with van der Waals surface area (Å²) in [6, 6.07) is 27.9. The van der Waals surface area contributed by atoms with Crippen LogP contribution in [0.4, 0.5) is 9.59 Å². The van der Waals surface area contributed by atoms with Crippen LogP contribution >= 0.6 is 0 Å². The molecular formula is C49H63N7O2. The molecule has 1 unspecified atom stereocenters. The number of nitrogens with two attached hydrogens (primary N) is 2. The highest BCUT2D eigenvalue weighted by molar-refractivity contribution is 5.83. The van der Waals surface area contributed by atoms with Gasteiger partial charge >= 0.3 is 12.1 Å². The van der Waals surface area contributed by atoms with Crippen molar-refractivity contribution in [3.8, 4) is 0 Å². The summed E-state index contributed by atoms with van der Waals surface area (Å²) in [4.78, 5) is 40.0. The van der Waals surface area contributed by atoms with Crippen LogP contribution in [0.5, 0.6) is 0 Å². The Morgan fingerprint density at radius 1 is 0.603 bits per heavy atom. The van der Waals surface area contributed by atoms with Crippen molar-refractivity contribution < 1.29 is 9.59 Å². The van der Waals surface area contributed by atoms with Crippen LogP contribution in [-0.2, 0) is 6.42 Å². The first-order valence-electron chi connectivity index (χ1n) is 22.8. The van der Waals surface area contributed by atoms with E-state index in [2.05, 4.69) is 87.7 Å². The molecule has 3 aromatic carbocycles. The number of nitrogens with one attached hydrogen (secondary N) is 1. The second-order valence-electron chi connectivity index (χ2n) is 18.8. The molecule has 4 amide bonds. The van der Waals surface area contributed by atoms with Gasteiger partial charge in [0.15, 0.2) is 0 Å². The van der Waals surface area contributed by atoms with Gasteiger partial charge in [0.2, 0.25) is 0 Å². The average Bonchev–Trinajstić information content (AvgIpc) is 4.08. The molecule has 2 aliphatic carbocycles. The Kier molecular flexibility index (Phi) is 10.5. The molecule has 4 aromatic rings. The summed E-state index contributed by atoms with van der Waals surface area (Å²) >= 11 is 0. The van der Waals surface area contributed by atoms with Crippen LogP contribution in [0.25, 0.3) is 10.9 Å². The molecule has 10 rings (SSSR count). The summed E-state index contributed by atoms with van der Waals surface area (Å²) in [5.41, 5.74) is 21.1. The number of para-hydroxylation sites is 1. The number of primary amides is 2. The molecule has 5 N–H and O–H groups in total. The number of urea groups is 2. The minimum atomic E-state index is -0.384. The van der Waals surface area contributed by atoms with E-state index in [0.717, 1.165) is 80.9 Å². The zero-order valence-corrected chi connectivity index (χ0v) is 34.2. The third-order valence-corrected chi connectivity index (χ3v) is 16.0. The molecule has 306 valence electrons. The van der Waals surface area contributed by atoms with Crippen molar-refractivity contribution in [2.45, 2.75) is 139 Å². The molecule has 9 nitrogen and oxygen atoms in total. The summed E-state index contributed by atoms with van der Waals surface area (Å²) in [5, 5.41) is 1.15. The average molecular weight is 782 g/mol. The predicted octanol–water partition coefficient (Wildman–Crippen LogP) is 9.52. The predicted molar refractivity (Wildman–Crippen MR) is 230 cm³/mol. The lowest BCUT2D eigenvalue weighted by Gasteiger charge is -2.44. The van der Waals surface area contributed by atoms with Gasteiger partial charge in [-0.2, -0.15) is 0 Å². The fraction of sp³-hybridized carbons (Fsp3) is 0.551. The molecule has 6 aliphatic rings. The molecule has 5 heterocycles. The van der Waals surface area contributed by atoms with Gasteiger partial charge in [-0.25, -0.2) is 9.59 Å². The fourth-order valence-electron chi connectivity index (χ4n) is 13.2. The molecule has 58 heavy (non-hydrogen) atoms. The number of carbonyl (C=O) groups excluding carboxylic acids is 2. The topological polar surface area (TPSA) is 115 Å². The number of hydrogen-bond donors (Lipinski definition) is 3. The van der Waals surface area contributed by atoms with E-state index in [0.29, 0.717) is 49.0 Å². The van der Waals surface area contributed by atoms with Crippen LogP contribution in [0.3, 0.4) is 0 Å². The zero-order chi connectivity index (χ0) is 39.3. The Balaban J connectivity index is 0.796. The number of fused-ring (bicyclic) bond motifs is 11. The largest absolute Gasteiger partial charge is 0.361 e. The van der Waals surface area contributed by atoms with Gasteiger partial charge in [0.05, 0.1) is 6.04 Å². The Hall–Kier alpha value is -4.34. The van der Waals surface area contributed by atoms with E-state index in [-0.39, 0.29) is 30.2 Å². The van der Waals surface area contributed by atoms with Crippen molar-refractivity contribution in [2.24, 2.45) is 23.3 Å². The lowest BCUT2D eigenvalue weighted by Crippen LogP contribution is -2.58. The number of rotatable bonds is 13. The summed E-state index contributed by atoms with van der Waals surface area (Å²) in [7, 11) is 0. The van der Waals surface area contributed by atoms with Crippen LogP contribution in [0.15, 0.2) is 79.0 Å².